The first-order valence-electron chi connectivity index (χ1n) is 6.41. The van der Waals surface area contributed by atoms with Crippen LogP contribution in [-0.2, 0) is 16.1 Å². The number of amides is 2. The Bertz CT molecular complexity index is 557. The molecule has 0 radical (unpaired) electrons. The summed E-state index contributed by atoms with van der Waals surface area (Å²) in [5.74, 6) is -0.584. The second-order valence-corrected chi connectivity index (χ2v) is 5.76. The molecule has 1 aromatic rings. The number of nitrogens with zero attached hydrogens (tertiary/aromatic N) is 1. The van der Waals surface area contributed by atoms with Gasteiger partial charge in [0, 0.05) is 17.3 Å². The lowest BCUT2D eigenvalue weighted by Gasteiger charge is -2.42. The van der Waals surface area contributed by atoms with Crippen molar-refractivity contribution in [3.63, 3.8) is 0 Å². The molecule has 6 heteroatoms. The van der Waals surface area contributed by atoms with Crippen LogP contribution in [0.15, 0.2) is 18.2 Å². The van der Waals surface area contributed by atoms with Gasteiger partial charge in [-0.15, -0.1) is 0 Å². The highest BCUT2D eigenvalue weighted by atomic mass is 35.5. The van der Waals surface area contributed by atoms with Crippen LogP contribution in [0.5, 0.6) is 0 Å². The number of carbonyl (C=O) groups is 2. The number of imide groups is 1. The maximum Gasteiger partial charge on any atom is 0.251 e. The highest BCUT2D eigenvalue weighted by Gasteiger charge is 2.41. The molecule has 0 aromatic heterocycles. The number of hydrogen-bond acceptors (Lipinski definition) is 4. The highest BCUT2D eigenvalue weighted by molar-refractivity contribution is 6.30. The summed E-state index contributed by atoms with van der Waals surface area (Å²) in [5, 5.41) is 6.07. The van der Waals surface area contributed by atoms with Crippen molar-refractivity contribution in [2.75, 3.05) is 18.5 Å². The van der Waals surface area contributed by atoms with E-state index in [1.165, 1.54) is 0 Å². The molecule has 20 heavy (non-hydrogen) atoms. The van der Waals surface area contributed by atoms with E-state index < -0.39 is 5.54 Å². The molecule has 1 saturated heterocycles. The molecule has 0 aliphatic carbocycles. The van der Waals surface area contributed by atoms with Crippen LogP contribution in [-0.4, -0.2) is 30.9 Å². The Labute approximate surface area is 123 Å². The largest absolute Gasteiger partial charge is 0.348 e. The van der Waals surface area contributed by atoms with Gasteiger partial charge in [-0.2, -0.15) is 0 Å². The SMILES string of the molecule is CNCc1cc(Cl)ccc1N1CC(=O)NC(=O)C1(C)C. The molecule has 0 spiro atoms. The van der Waals surface area contributed by atoms with Crippen molar-refractivity contribution in [3.8, 4) is 0 Å². The molecule has 1 aromatic carbocycles. The molecule has 0 unspecified atom stereocenters. The summed E-state index contributed by atoms with van der Waals surface area (Å²) >= 11 is 6.03. The van der Waals surface area contributed by atoms with Gasteiger partial charge in [0.2, 0.25) is 5.91 Å². The van der Waals surface area contributed by atoms with Crippen LogP contribution in [0.4, 0.5) is 5.69 Å². The van der Waals surface area contributed by atoms with Gasteiger partial charge < -0.3 is 10.2 Å². The number of benzene rings is 1. The Balaban J connectivity index is 2.48. The fraction of sp³-hybridized carbons (Fsp3) is 0.429. The zero-order valence-electron chi connectivity index (χ0n) is 11.8. The molecule has 2 rings (SSSR count). The smallest absolute Gasteiger partial charge is 0.251 e. The second kappa shape index (κ2) is 5.42. The number of hydrogen-bond donors (Lipinski definition) is 2. The van der Waals surface area contributed by atoms with Gasteiger partial charge in [-0.25, -0.2) is 0 Å². The molecule has 1 heterocycles. The first-order valence-corrected chi connectivity index (χ1v) is 6.79. The summed E-state index contributed by atoms with van der Waals surface area (Å²) in [6, 6.07) is 5.46. The Hall–Kier alpha value is -1.59. The summed E-state index contributed by atoms with van der Waals surface area (Å²) in [4.78, 5) is 25.5. The first-order chi connectivity index (χ1) is 9.36. The molecule has 1 aliphatic rings. The van der Waals surface area contributed by atoms with Crippen molar-refractivity contribution < 1.29 is 9.59 Å². The lowest BCUT2D eigenvalue weighted by Crippen LogP contribution is -2.64. The van der Waals surface area contributed by atoms with E-state index in [9.17, 15) is 9.59 Å². The maximum atomic E-state index is 12.0. The van der Waals surface area contributed by atoms with Gasteiger partial charge in [-0.05, 0) is 44.7 Å². The average molecular weight is 296 g/mol. The Morgan fingerprint density at radius 2 is 2.10 bits per heavy atom. The number of halogens is 1. The van der Waals surface area contributed by atoms with E-state index in [-0.39, 0.29) is 18.4 Å². The summed E-state index contributed by atoms with van der Waals surface area (Å²) in [6.45, 7) is 4.36. The summed E-state index contributed by atoms with van der Waals surface area (Å²) < 4.78 is 0. The zero-order valence-corrected chi connectivity index (χ0v) is 12.5. The first kappa shape index (κ1) is 14.8. The third-order valence-corrected chi connectivity index (χ3v) is 3.72. The number of nitrogens with one attached hydrogen (secondary N) is 2. The van der Waals surface area contributed by atoms with Gasteiger partial charge in [0.25, 0.3) is 5.91 Å². The normalized spacial score (nSPS) is 18.1. The van der Waals surface area contributed by atoms with Gasteiger partial charge >= 0.3 is 0 Å². The third kappa shape index (κ3) is 2.64. The van der Waals surface area contributed by atoms with Crippen molar-refractivity contribution in [1.82, 2.24) is 10.6 Å². The minimum atomic E-state index is -0.787. The van der Waals surface area contributed by atoms with Gasteiger partial charge in [0.1, 0.15) is 5.54 Å². The Morgan fingerprint density at radius 1 is 1.40 bits per heavy atom. The molecule has 2 amide bonds. The van der Waals surface area contributed by atoms with Crippen LogP contribution < -0.4 is 15.5 Å². The van der Waals surface area contributed by atoms with Gasteiger partial charge in [0.15, 0.2) is 0 Å². The predicted octanol–water partition coefficient (Wildman–Crippen LogP) is 1.30. The van der Waals surface area contributed by atoms with Crippen molar-refractivity contribution in [3.05, 3.63) is 28.8 Å². The van der Waals surface area contributed by atoms with Crippen molar-refractivity contribution in [1.29, 1.82) is 0 Å². The van der Waals surface area contributed by atoms with E-state index >= 15 is 0 Å². The zero-order chi connectivity index (χ0) is 14.9. The third-order valence-electron chi connectivity index (χ3n) is 3.48. The van der Waals surface area contributed by atoms with E-state index in [0.29, 0.717) is 11.6 Å². The maximum absolute atomic E-state index is 12.0. The molecule has 0 bridgehead atoms. The summed E-state index contributed by atoms with van der Waals surface area (Å²) in [7, 11) is 1.84. The summed E-state index contributed by atoms with van der Waals surface area (Å²) in [6.07, 6.45) is 0. The molecule has 2 N–H and O–H groups in total. The van der Waals surface area contributed by atoms with E-state index in [4.69, 9.17) is 11.6 Å². The number of anilines is 1. The van der Waals surface area contributed by atoms with Crippen LogP contribution >= 0.6 is 11.6 Å². The fourth-order valence-electron chi connectivity index (χ4n) is 2.32. The molecule has 108 valence electrons. The molecule has 0 atom stereocenters. The van der Waals surface area contributed by atoms with Crippen LogP contribution in [0.1, 0.15) is 19.4 Å². The van der Waals surface area contributed by atoms with Gasteiger partial charge in [0.05, 0.1) is 6.54 Å². The monoisotopic (exact) mass is 295 g/mol. The van der Waals surface area contributed by atoms with E-state index in [1.54, 1.807) is 19.9 Å². The number of carbonyl (C=O) groups excluding carboxylic acids is 2. The van der Waals surface area contributed by atoms with Crippen molar-refractivity contribution in [2.45, 2.75) is 25.9 Å². The molecule has 1 fully saturated rings. The van der Waals surface area contributed by atoms with Crippen molar-refractivity contribution >= 4 is 29.1 Å². The highest BCUT2D eigenvalue weighted by Crippen LogP contribution is 2.31. The standard InChI is InChI=1S/C14H18ClN3O2/c1-14(2)13(20)17-12(19)8-18(14)11-5-4-10(15)6-9(11)7-16-3/h4-6,16H,7-8H2,1-3H3,(H,17,19,20). The lowest BCUT2D eigenvalue weighted by atomic mass is 9.96. The van der Waals surface area contributed by atoms with Crippen LogP contribution in [0.25, 0.3) is 0 Å². The summed E-state index contributed by atoms with van der Waals surface area (Å²) in [5.41, 5.74) is 1.01. The van der Waals surface area contributed by atoms with Crippen molar-refractivity contribution in [2.24, 2.45) is 0 Å². The Kier molecular flexibility index (Phi) is 4.01. The van der Waals surface area contributed by atoms with Crippen LogP contribution in [0.2, 0.25) is 5.02 Å². The predicted molar refractivity (Wildman–Crippen MR) is 78.8 cm³/mol. The van der Waals surface area contributed by atoms with E-state index in [0.717, 1.165) is 11.3 Å². The van der Waals surface area contributed by atoms with Gasteiger partial charge in [-0.1, -0.05) is 11.6 Å². The van der Waals surface area contributed by atoms with E-state index in [1.807, 2.05) is 24.1 Å². The quantitative estimate of drug-likeness (QED) is 0.825. The van der Waals surface area contributed by atoms with Gasteiger partial charge in [-0.3, -0.25) is 14.9 Å². The topological polar surface area (TPSA) is 61.4 Å². The van der Waals surface area contributed by atoms with Crippen LogP contribution in [0.3, 0.4) is 0 Å². The number of rotatable bonds is 3. The molecular weight excluding hydrogens is 278 g/mol. The molecular formula is C14H18ClN3O2. The molecule has 0 saturated carbocycles. The lowest BCUT2D eigenvalue weighted by molar-refractivity contribution is -0.135. The Morgan fingerprint density at radius 3 is 2.75 bits per heavy atom. The minimum absolute atomic E-state index is 0.150. The molecule has 1 aliphatic heterocycles. The van der Waals surface area contributed by atoms with E-state index in [2.05, 4.69) is 10.6 Å². The molecule has 5 nitrogen and oxygen atoms in total. The minimum Gasteiger partial charge on any atom is -0.348 e. The second-order valence-electron chi connectivity index (χ2n) is 5.33. The fourth-order valence-corrected chi connectivity index (χ4v) is 2.51. The average Bonchev–Trinajstić information content (AvgIpc) is 2.35. The number of piperazine rings is 1. The van der Waals surface area contributed by atoms with Crippen LogP contribution in [0, 0.1) is 0 Å².